The number of hydrogen-bond donors (Lipinski definition) is 0. The zero-order valence-corrected chi connectivity index (χ0v) is 30.4. The Morgan fingerprint density at radius 2 is 0.796 bits per heavy atom. The molecule has 0 spiro atoms. The van der Waals surface area contributed by atoms with Crippen molar-refractivity contribution in [2.45, 2.75) is 0 Å². The quantitative estimate of drug-likeness (QED) is 0.160. The molecule has 0 bridgehead atoms. The van der Waals surface area contributed by atoms with Crippen LogP contribution in [0.1, 0.15) is 0 Å². The van der Waals surface area contributed by atoms with E-state index in [1.54, 1.807) is 0 Å². The van der Waals surface area contributed by atoms with Gasteiger partial charge in [-0.05, 0) is 104 Å². The molecule has 10 rings (SSSR count). The van der Waals surface area contributed by atoms with Gasteiger partial charge in [0.25, 0.3) is 0 Å². The van der Waals surface area contributed by atoms with Crippen molar-refractivity contribution >= 4 is 59.3 Å². The third kappa shape index (κ3) is 5.93. The third-order valence-electron chi connectivity index (χ3n) is 10.5. The summed E-state index contributed by atoms with van der Waals surface area (Å²) >= 11 is 1.86. The molecule has 0 saturated heterocycles. The minimum absolute atomic E-state index is 1.11. The van der Waals surface area contributed by atoms with Crippen LogP contribution in [0.2, 0.25) is 0 Å². The number of benzene rings is 9. The number of rotatable bonds is 7. The first-order chi connectivity index (χ1) is 26.7. The molecule has 9 aromatic carbocycles. The van der Waals surface area contributed by atoms with Crippen LogP contribution in [0.3, 0.4) is 0 Å². The molecule has 254 valence electrons. The van der Waals surface area contributed by atoms with E-state index in [1.165, 1.54) is 75.5 Å². The van der Waals surface area contributed by atoms with Crippen LogP contribution in [-0.4, -0.2) is 0 Å². The molecule has 1 heterocycles. The summed E-state index contributed by atoms with van der Waals surface area (Å²) in [7, 11) is 0. The van der Waals surface area contributed by atoms with Gasteiger partial charge in [0.1, 0.15) is 0 Å². The Morgan fingerprint density at radius 3 is 1.52 bits per heavy atom. The number of thiophene rings is 1. The van der Waals surface area contributed by atoms with Crippen molar-refractivity contribution in [1.29, 1.82) is 0 Å². The number of fused-ring (bicyclic) bond motifs is 4. The molecule has 0 amide bonds. The molecule has 0 radical (unpaired) electrons. The van der Waals surface area contributed by atoms with Gasteiger partial charge in [0.2, 0.25) is 0 Å². The van der Waals surface area contributed by atoms with E-state index in [-0.39, 0.29) is 0 Å². The van der Waals surface area contributed by atoms with Crippen molar-refractivity contribution in [2.75, 3.05) is 4.90 Å². The Bertz CT molecular complexity index is 2900. The fourth-order valence-corrected chi connectivity index (χ4v) is 8.78. The smallest absolute Gasteiger partial charge is 0.0540 e. The fraction of sp³-hybridized carbons (Fsp3) is 0. The van der Waals surface area contributed by atoms with Crippen LogP contribution in [0.15, 0.2) is 212 Å². The highest BCUT2D eigenvalue weighted by Gasteiger charge is 2.18. The highest BCUT2D eigenvalue weighted by atomic mass is 32.1. The van der Waals surface area contributed by atoms with Gasteiger partial charge in [-0.2, -0.15) is 0 Å². The lowest BCUT2D eigenvalue weighted by Crippen LogP contribution is -2.11. The lowest BCUT2D eigenvalue weighted by Gasteiger charge is -2.28. The minimum atomic E-state index is 1.11. The summed E-state index contributed by atoms with van der Waals surface area (Å²) in [6.45, 7) is 0. The van der Waals surface area contributed by atoms with Crippen molar-refractivity contribution in [3.63, 3.8) is 0 Å². The largest absolute Gasteiger partial charge is 0.310 e. The minimum Gasteiger partial charge on any atom is -0.310 e. The predicted molar refractivity (Wildman–Crippen MR) is 233 cm³/mol. The van der Waals surface area contributed by atoms with Crippen molar-refractivity contribution in [3.8, 4) is 44.5 Å². The Balaban J connectivity index is 1.04. The molecule has 0 aliphatic rings. The molecule has 1 aromatic heterocycles. The number of hydrogen-bond acceptors (Lipinski definition) is 2. The van der Waals surface area contributed by atoms with Gasteiger partial charge in [-0.3, -0.25) is 0 Å². The summed E-state index contributed by atoms with van der Waals surface area (Å²) in [5, 5.41) is 5.14. The molecule has 2 heteroatoms. The summed E-state index contributed by atoms with van der Waals surface area (Å²) in [5.74, 6) is 0. The molecule has 54 heavy (non-hydrogen) atoms. The topological polar surface area (TPSA) is 3.24 Å². The number of para-hydroxylation sites is 1. The molecule has 10 aromatic rings. The van der Waals surface area contributed by atoms with Gasteiger partial charge >= 0.3 is 0 Å². The van der Waals surface area contributed by atoms with Crippen LogP contribution >= 0.6 is 11.3 Å². The second-order valence-corrected chi connectivity index (χ2v) is 14.8. The maximum absolute atomic E-state index is 2.40. The summed E-state index contributed by atoms with van der Waals surface area (Å²) < 4.78 is 2.63. The first kappa shape index (κ1) is 32.0. The van der Waals surface area contributed by atoms with Crippen LogP contribution in [0.25, 0.3) is 75.5 Å². The lowest BCUT2D eigenvalue weighted by atomic mass is 9.97. The third-order valence-corrected chi connectivity index (χ3v) is 11.6. The predicted octanol–water partition coefficient (Wildman–Crippen LogP) is 15.3. The van der Waals surface area contributed by atoms with E-state index in [2.05, 4.69) is 217 Å². The van der Waals surface area contributed by atoms with Gasteiger partial charge in [0.05, 0.1) is 5.69 Å². The van der Waals surface area contributed by atoms with Gasteiger partial charge < -0.3 is 4.90 Å². The molecular formula is C52H35NS. The fourth-order valence-electron chi connectivity index (χ4n) is 7.69. The average Bonchev–Trinajstić information content (AvgIpc) is 3.63. The van der Waals surface area contributed by atoms with Crippen LogP contribution in [0.5, 0.6) is 0 Å². The molecular weight excluding hydrogens is 671 g/mol. The Kier molecular flexibility index (Phi) is 8.09. The second kappa shape index (κ2) is 13.7. The lowest BCUT2D eigenvalue weighted by molar-refractivity contribution is 1.28. The van der Waals surface area contributed by atoms with Crippen LogP contribution in [-0.2, 0) is 0 Å². The summed E-state index contributed by atoms with van der Waals surface area (Å²) in [6, 6.07) is 77.2. The van der Waals surface area contributed by atoms with E-state index in [0.29, 0.717) is 0 Å². The molecule has 1 nitrogen and oxygen atoms in total. The van der Waals surface area contributed by atoms with Crippen molar-refractivity contribution < 1.29 is 0 Å². The zero-order chi connectivity index (χ0) is 35.8. The molecule has 0 saturated carbocycles. The monoisotopic (exact) mass is 705 g/mol. The number of anilines is 3. The second-order valence-electron chi connectivity index (χ2n) is 13.8. The zero-order valence-electron chi connectivity index (χ0n) is 29.6. The molecule has 0 fully saturated rings. The number of nitrogens with zero attached hydrogens (tertiary/aromatic N) is 1. The van der Waals surface area contributed by atoms with E-state index >= 15 is 0 Å². The maximum atomic E-state index is 2.40. The van der Waals surface area contributed by atoms with E-state index in [9.17, 15) is 0 Å². The molecule has 0 atom stereocenters. The van der Waals surface area contributed by atoms with Gasteiger partial charge in [0.15, 0.2) is 0 Å². The Labute approximate surface area is 319 Å². The standard InChI is InChI=1S/C52H35NS/c1-2-10-36(11-3-1)39-24-29-45(30-25-39)53(50-16-8-6-14-47(50)44-28-33-52-49(35-44)48-15-7-9-17-51(48)54-52)46-31-26-40(27-32-46)38-18-20-41(21-19-38)43-23-22-37-12-4-5-13-42(37)34-43/h1-35H. The normalized spacial score (nSPS) is 11.3. The van der Waals surface area contributed by atoms with Crippen molar-refractivity contribution in [3.05, 3.63) is 212 Å². The SMILES string of the molecule is c1ccc(-c2ccc(N(c3ccc(-c4ccc(-c5ccc6ccccc6c5)cc4)cc3)c3ccccc3-c3ccc4sc5ccccc5c4c3)cc2)cc1. The van der Waals surface area contributed by atoms with E-state index in [4.69, 9.17) is 0 Å². The van der Waals surface area contributed by atoms with E-state index in [1.807, 2.05) is 11.3 Å². The molecule has 0 aliphatic carbocycles. The maximum Gasteiger partial charge on any atom is 0.0540 e. The van der Waals surface area contributed by atoms with Crippen LogP contribution in [0.4, 0.5) is 17.1 Å². The van der Waals surface area contributed by atoms with Gasteiger partial charge in [0, 0.05) is 37.1 Å². The highest BCUT2D eigenvalue weighted by Crippen LogP contribution is 2.44. The van der Waals surface area contributed by atoms with E-state index < -0.39 is 0 Å². The molecule has 0 aliphatic heterocycles. The van der Waals surface area contributed by atoms with E-state index in [0.717, 1.165) is 17.1 Å². The first-order valence-electron chi connectivity index (χ1n) is 18.4. The summed E-state index contributed by atoms with van der Waals surface area (Å²) in [4.78, 5) is 2.40. The highest BCUT2D eigenvalue weighted by molar-refractivity contribution is 7.25. The summed E-state index contributed by atoms with van der Waals surface area (Å²) in [6.07, 6.45) is 0. The average molecular weight is 706 g/mol. The molecule has 0 N–H and O–H groups in total. The van der Waals surface area contributed by atoms with Crippen LogP contribution < -0.4 is 4.90 Å². The van der Waals surface area contributed by atoms with Crippen molar-refractivity contribution in [1.82, 2.24) is 0 Å². The van der Waals surface area contributed by atoms with Crippen molar-refractivity contribution in [2.24, 2.45) is 0 Å². The Hall–Kier alpha value is -6.74. The molecule has 0 unspecified atom stereocenters. The Morgan fingerprint density at radius 1 is 0.296 bits per heavy atom. The van der Waals surface area contributed by atoms with Crippen LogP contribution in [0, 0.1) is 0 Å². The van der Waals surface area contributed by atoms with Gasteiger partial charge in [-0.15, -0.1) is 11.3 Å². The van der Waals surface area contributed by atoms with Gasteiger partial charge in [-0.25, -0.2) is 0 Å². The first-order valence-corrected chi connectivity index (χ1v) is 19.2. The van der Waals surface area contributed by atoms with Gasteiger partial charge in [-0.1, -0.05) is 158 Å². The summed E-state index contributed by atoms with van der Waals surface area (Å²) in [5.41, 5.74) is 13.0.